The molecule has 2 rings (SSSR count). The fourth-order valence-electron chi connectivity index (χ4n) is 2.36. The number of pyridine rings is 1. The van der Waals surface area contributed by atoms with Gasteiger partial charge >= 0.3 is 5.97 Å². The number of hydrogen-bond acceptors (Lipinski definition) is 5. The van der Waals surface area contributed by atoms with E-state index in [0.717, 1.165) is 5.56 Å². The quantitative estimate of drug-likeness (QED) is 0.623. The number of carbonyl (C=O) groups excluding carboxylic acids is 2. The van der Waals surface area contributed by atoms with Crippen molar-refractivity contribution in [3.8, 4) is 0 Å². The van der Waals surface area contributed by atoms with E-state index in [4.69, 9.17) is 22.1 Å². The summed E-state index contributed by atoms with van der Waals surface area (Å²) in [5.41, 5.74) is 6.62. The molecule has 0 spiro atoms. The molecule has 0 aromatic carbocycles. The molecule has 1 amide bonds. The van der Waals surface area contributed by atoms with Gasteiger partial charge in [0.2, 0.25) is 0 Å². The molecule has 0 saturated heterocycles. The minimum Gasteiger partial charge on any atom is -0.467 e. The predicted molar refractivity (Wildman–Crippen MR) is 99.4 cm³/mol. The lowest BCUT2D eigenvalue weighted by Crippen LogP contribution is -2.43. The third-order valence-corrected chi connectivity index (χ3v) is 3.69. The minimum absolute atomic E-state index is 0.231. The van der Waals surface area contributed by atoms with Crippen molar-refractivity contribution in [1.82, 2.24) is 15.3 Å². The number of esters is 1. The third kappa shape index (κ3) is 4.97. The van der Waals surface area contributed by atoms with Crippen LogP contribution < -0.4 is 21.6 Å². The van der Waals surface area contributed by atoms with E-state index in [9.17, 15) is 9.59 Å². The summed E-state index contributed by atoms with van der Waals surface area (Å²) >= 11 is 5.78. The van der Waals surface area contributed by atoms with Crippen molar-refractivity contribution < 1.29 is 14.3 Å². The highest BCUT2D eigenvalue weighted by Crippen LogP contribution is 2.04. The summed E-state index contributed by atoms with van der Waals surface area (Å²) in [6, 6.07) is 4.25. The SMILES string of the molecule is C=C(Cl)/C=c1/cc(C(=O)N[C@@H](Cc2ccncc2)C(=O)OC)[nH]/c1=C/N. The number of ether oxygens (including phenoxy) is 1. The van der Waals surface area contributed by atoms with Crippen molar-refractivity contribution in [1.29, 1.82) is 0 Å². The summed E-state index contributed by atoms with van der Waals surface area (Å²) in [5, 5.41) is 4.08. The molecule has 0 aliphatic carbocycles. The van der Waals surface area contributed by atoms with E-state index in [2.05, 4.69) is 21.9 Å². The Hall–Kier alpha value is -3.06. The molecular formula is C18H19ClN4O3. The maximum absolute atomic E-state index is 12.5. The van der Waals surface area contributed by atoms with Gasteiger partial charge in [0.25, 0.3) is 5.91 Å². The number of amides is 1. The second kappa shape index (κ2) is 8.87. The average molecular weight is 375 g/mol. The molecule has 136 valence electrons. The fraction of sp³-hybridized carbons (Fsp3) is 0.167. The Kier molecular flexibility index (Phi) is 6.57. The number of carbonyl (C=O) groups is 2. The normalized spacial score (nSPS) is 13.3. The van der Waals surface area contributed by atoms with E-state index in [1.54, 1.807) is 36.7 Å². The van der Waals surface area contributed by atoms with Gasteiger partial charge in [-0.2, -0.15) is 0 Å². The highest BCUT2D eigenvalue weighted by atomic mass is 35.5. The molecule has 4 N–H and O–H groups in total. The maximum Gasteiger partial charge on any atom is 0.328 e. The van der Waals surface area contributed by atoms with Crippen molar-refractivity contribution in [2.45, 2.75) is 12.5 Å². The Labute approximate surface area is 155 Å². The van der Waals surface area contributed by atoms with Crippen LogP contribution in [0.3, 0.4) is 0 Å². The Morgan fingerprint density at radius 2 is 2.15 bits per heavy atom. The third-order valence-electron chi connectivity index (χ3n) is 3.58. The van der Waals surface area contributed by atoms with Crippen LogP contribution in [0.4, 0.5) is 0 Å². The predicted octanol–water partition coefficient (Wildman–Crippen LogP) is 0.154. The molecule has 0 bridgehead atoms. The smallest absolute Gasteiger partial charge is 0.328 e. The van der Waals surface area contributed by atoms with Gasteiger partial charge in [0.1, 0.15) is 11.7 Å². The summed E-state index contributed by atoms with van der Waals surface area (Å²) in [6.07, 6.45) is 6.39. The van der Waals surface area contributed by atoms with E-state index < -0.39 is 17.9 Å². The number of aromatic amines is 1. The summed E-state index contributed by atoms with van der Waals surface area (Å²) in [5.74, 6) is -1.02. The standard InChI is InChI=1S/C18H19ClN4O3/c1-11(19)7-13-9-14(22-16(13)10-20)17(24)23-15(18(25)26-2)8-12-3-5-21-6-4-12/h3-7,9-10,15,22H,1,8,20H2,2H3,(H,23,24)/b13-7-,16-10+/t15-/m0/s1. The number of nitrogens with zero attached hydrogens (tertiary/aromatic N) is 1. The lowest BCUT2D eigenvalue weighted by molar-refractivity contribution is -0.142. The molecule has 0 unspecified atom stereocenters. The molecule has 26 heavy (non-hydrogen) atoms. The Morgan fingerprint density at radius 3 is 2.73 bits per heavy atom. The van der Waals surface area contributed by atoms with Gasteiger partial charge in [-0.25, -0.2) is 4.79 Å². The number of rotatable bonds is 6. The van der Waals surface area contributed by atoms with Crippen LogP contribution >= 0.6 is 11.6 Å². The van der Waals surface area contributed by atoms with Crippen LogP contribution in [0.1, 0.15) is 16.1 Å². The van der Waals surface area contributed by atoms with Crippen LogP contribution in [0.15, 0.2) is 42.2 Å². The average Bonchev–Trinajstić information content (AvgIpc) is 3.03. The van der Waals surface area contributed by atoms with E-state index in [-0.39, 0.29) is 12.1 Å². The van der Waals surface area contributed by atoms with Crippen molar-refractivity contribution in [2.75, 3.05) is 7.11 Å². The number of aromatic nitrogens is 2. The fourth-order valence-corrected chi connectivity index (χ4v) is 2.48. The van der Waals surface area contributed by atoms with Gasteiger partial charge in [0, 0.05) is 35.3 Å². The first kappa shape index (κ1) is 19.3. The summed E-state index contributed by atoms with van der Waals surface area (Å²) in [6.45, 7) is 3.58. The van der Waals surface area contributed by atoms with Gasteiger partial charge in [0.15, 0.2) is 0 Å². The topological polar surface area (TPSA) is 110 Å². The van der Waals surface area contributed by atoms with Gasteiger partial charge in [-0.3, -0.25) is 9.78 Å². The first-order chi connectivity index (χ1) is 12.4. The molecule has 8 heteroatoms. The molecule has 2 aromatic heterocycles. The monoisotopic (exact) mass is 374 g/mol. The van der Waals surface area contributed by atoms with Crippen LogP contribution in [-0.4, -0.2) is 35.0 Å². The van der Waals surface area contributed by atoms with Gasteiger partial charge in [0.05, 0.1) is 12.5 Å². The molecule has 0 fully saturated rings. The molecule has 1 atom stereocenters. The van der Waals surface area contributed by atoms with Gasteiger partial charge < -0.3 is 20.8 Å². The van der Waals surface area contributed by atoms with Gasteiger partial charge in [-0.05, 0) is 29.8 Å². The summed E-state index contributed by atoms with van der Waals surface area (Å²) in [7, 11) is 1.27. The van der Waals surface area contributed by atoms with E-state index >= 15 is 0 Å². The van der Waals surface area contributed by atoms with Crippen LogP contribution in [0, 0.1) is 0 Å². The van der Waals surface area contributed by atoms with E-state index in [1.807, 2.05) is 0 Å². The van der Waals surface area contributed by atoms with E-state index in [0.29, 0.717) is 15.6 Å². The first-order valence-corrected chi connectivity index (χ1v) is 8.07. The second-order valence-electron chi connectivity index (χ2n) is 5.42. The first-order valence-electron chi connectivity index (χ1n) is 7.69. The lowest BCUT2D eigenvalue weighted by Gasteiger charge is -2.16. The maximum atomic E-state index is 12.5. The highest BCUT2D eigenvalue weighted by molar-refractivity contribution is 6.33. The zero-order valence-corrected chi connectivity index (χ0v) is 14.9. The number of halogens is 1. The number of methoxy groups -OCH3 is 1. The minimum atomic E-state index is -0.848. The number of nitrogens with one attached hydrogen (secondary N) is 2. The number of allylic oxidation sites excluding steroid dienone is 1. The zero-order chi connectivity index (χ0) is 19.1. The summed E-state index contributed by atoms with van der Waals surface area (Å²) < 4.78 is 4.78. The zero-order valence-electron chi connectivity index (χ0n) is 14.2. The highest BCUT2D eigenvalue weighted by Gasteiger charge is 2.23. The lowest BCUT2D eigenvalue weighted by atomic mass is 10.1. The van der Waals surface area contributed by atoms with Crippen LogP contribution in [0.2, 0.25) is 0 Å². The van der Waals surface area contributed by atoms with Crippen LogP contribution in [0.25, 0.3) is 12.3 Å². The largest absolute Gasteiger partial charge is 0.467 e. The molecule has 7 nitrogen and oxygen atoms in total. The Bertz CT molecular complexity index is 922. The molecule has 0 aliphatic heterocycles. The van der Waals surface area contributed by atoms with Crippen molar-refractivity contribution in [3.05, 3.63) is 64.0 Å². The number of nitrogens with two attached hydrogens (primary N) is 1. The number of hydrogen-bond donors (Lipinski definition) is 3. The van der Waals surface area contributed by atoms with E-state index in [1.165, 1.54) is 13.3 Å². The molecule has 0 radical (unpaired) electrons. The Morgan fingerprint density at radius 1 is 1.46 bits per heavy atom. The second-order valence-corrected chi connectivity index (χ2v) is 5.90. The molecular weight excluding hydrogens is 356 g/mol. The van der Waals surface area contributed by atoms with Crippen molar-refractivity contribution >= 4 is 35.8 Å². The van der Waals surface area contributed by atoms with Gasteiger partial charge in [-0.15, -0.1) is 0 Å². The van der Waals surface area contributed by atoms with Gasteiger partial charge in [-0.1, -0.05) is 18.2 Å². The molecule has 0 saturated carbocycles. The molecule has 2 heterocycles. The number of H-pyrrole nitrogens is 1. The van der Waals surface area contributed by atoms with Crippen LogP contribution in [0.5, 0.6) is 0 Å². The molecule has 0 aliphatic rings. The van der Waals surface area contributed by atoms with Crippen molar-refractivity contribution in [3.63, 3.8) is 0 Å². The Balaban J connectivity index is 2.26. The molecule has 2 aromatic rings. The summed E-state index contributed by atoms with van der Waals surface area (Å²) in [4.78, 5) is 31.4. The van der Waals surface area contributed by atoms with Crippen LogP contribution in [-0.2, 0) is 16.0 Å². The van der Waals surface area contributed by atoms with Crippen molar-refractivity contribution in [2.24, 2.45) is 5.73 Å².